The van der Waals surface area contributed by atoms with Crippen LogP contribution in [0.5, 0.6) is 0 Å². The number of piperidine rings is 1. The zero-order chi connectivity index (χ0) is 14.4. The number of likely N-dealkylation sites (tertiary alicyclic amines) is 1. The monoisotopic (exact) mass is 282 g/mol. The second-order valence-corrected chi connectivity index (χ2v) is 5.76. The van der Waals surface area contributed by atoms with E-state index in [0.29, 0.717) is 25.0 Å². The molecule has 0 saturated carbocycles. The number of hydrogen-bond acceptors (Lipinski definition) is 4. The molecular formula is C14H26N4O2. The maximum atomic E-state index is 11.9. The highest BCUT2D eigenvalue weighted by atomic mass is 16.2. The quantitative estimate of drug-likeness (QED) is 0.634. The molecule has 0 aromatic carbocycles. The normalized spacial score (nSPS) is 26.1. The van der Waals surface area contributed by atoms with E-state index in [1.165, 1.54) is 6.42 Å². The second kappa shape index (κ2) is 7.59. The number of fused-ring (bicyclic) bond motifs is 1. The summed E-state index contributed by atoms with van der Waals surface area (Å²) in [5.74, 6) is 0.460. The molecule has 3 N–H and O–H groups in total. The van der Waals surface area contributed by atoms with Crippen LogP contribution in [0.15, 0.2) is 0 Å². The van der Waals surface area contributed by atoms with Crippen molar-refractivity contribution in [3.05, 3.63) is 0 Å². The molecule has 0 aliphatic carbocycles. The van der Waals surface area contributed by atoms with Gasteiger partial charge in [0.1, 0.15) is 0 Å². The first kappa shape index (κ1) is 15.3. The van der Waals surface area contributed by atoms with Crippen LogP contribution < -0.4 is 16.0 Å². The Labute approximate surface area is 120 Å². The molecule has 0 radical (unpaired) electrons. The first-order valence-corrected chi connectivity index (χ1v) is 7.73. The van der Waals surface area contributed by atoms with E-state index in [1.54, 1.807) is 0 Å². The van der Waals surface area contributed by atoms with Crippen LogP contribution in [-0.4, -0.2) is 55.6 Å². The van der Waals surface area contributed by atoms with Gasteiger partial charge < -0.3 is 10.6 Å². The summed E-state index contributed by atoms with van der Waals surface area (Å²) in [6.07, 6.45) is 4.34. The molecule has 2 heterocycles. The Hall–Kier alpha value is -1.14. The van der Waals surface area contributed by atoms with Crippen molar-refractivity contribution in [1.29, 1.82) is 0 Å². The highest BCUT2D eigenvalue weighted by molar-refractivity contribution is 5.95. The van der Waals surface area contributed by atoms with E-state index < -0.39 is 0 Å². The summed E-state index contributed by atoms with van der Waals surface area (Å²) in [5, 5.41) is 8.50. The van der Waals surface area contributed by atoms with Gasteiger partial charge in [0.2, 0.25) is 5.91 Å². The third-order valence-electron chi connectivity index (χ3n) is 4.21. The van der Waals surface area contributed by atoms with Crippen LogP contribution >= 0.6 is 0 Å². The van der Waals surface area contributed by atoms with Gasteiger partial charge in [-0.2, -0.15) is 0 Å². The summed E-state index contributed by atoms with van der Waals surface area (Å²) >= 11 is 0. The lowest BCUT2D eigenvalue weighted by Gasteiger charge is -2.36. The van der Waals surface area contributed by atoms with E-state index in [9.17, 15) is 9.59 Å². The van der Waals surface area contributed by atoms with Crippen LogP contribution in [0.2, 0.25) is 0 Å². The van der Waals surface area contributed by atoms with Crippen molar-refractivity contribution in [3.8, 4) is 0 Å². The smallest absolute Gasteiger partial charge is 0.321 e. The third-order valence-corrected chi connectivity index (χ3v) is 4.21. The van der Waals surface area contributed by atoms with Crippen molar-refractivity contribution < 1.29 is 9.59 Å². The Kier molecular flexibility index (Phi) is 5.79. The molecule has 2 aliphatic rings. The average molecular weight is 282 g/mol. The number of carbonyl (C=O) groups excluding carboxylic acids is 2. The predicted molar refractivity (Wildman–Crippen MR) is 77.4 cm³/mol. The highest BCUT2D eigenvalue weighted by Crippen LogP contribution is 2.25. The Morgan fingerprint density at radius 1 is 1.35 bits per heavy atom. The van der Waals surface area contributed by atoms with Crippen LogP contribution in [-0.2, 0) is 4.79 Å². The molecule has 20 heavy (non-hydrogen) atoms. The molecule has 2 aliphatic heterocycles. The van der Waals surface area contributed by atoms with Gasteiger partial charge in [0.25, 0.3) is 0 Å². The number of imide groups is 1. The molecule has 2 fully saturated rings. The fourth-order valence-corrected chi connectivity index (χ4v) is 3.13. The number of urea groups is 1. The zero-order valence-electron chi connectivity index (χ0n) is 12.3. The van der Waals surface area contributed by atoms with E-state index in [1.807, 2.05) is 0 Å². The lowest BCUT2D eigenvalue weighted by molar-refractivity contribution is -0.122. The number of carbonyl (C=O) groups is 2. The van der Waals surface area contributed by atoms with E-state index in [4.69, 9.17) is 0 Å². The fraction of sp³-hybridized carbons (Fsp3) is 0.857. The van der Waals surface area contributed by atoms with Gasteiger partial charge >= 0.3 is 6.03 Å². The van der Waals surface area contributed by atoms with Gasteiger partial charge in [0.05, 0.1) is 6.54 Å². The minimum absolute atomic E-state index is 0.202. The molecule has 6 nitrogen and oxygen atoms in total. The van der Waals surface area contributed by atoms with Crippen LogP contribution in [0, 0.1) is 5.92 Å². The number of nitrogens with one attached hydrogen (secondary N) is 3. The van der Waals surface area contributed by atoms with Crippen LogP contribution in [0.3, 0.4) is 0 Å². The third kappa shape index (κ3) is 4.18. The van der Waals surface area contributed by atoms with Gasteiger partial charge in [-0.25, -0.2) is 4.79 Å². The van der Waals surface area contributed by atoms with Crippen molar-refractivity contribution >= 4 is 11.9 Å². The summed E-state index contributed by atoms with van der Waals surface area (Å²) in [4.78, 5) is 25.6. The number of hydrogen-bond donors (Lipinski definition) is 3. The van der Waals surface area contributed by atoms with Gasteiger partial charge in [-0.3, -0.25) is 15.0 Å². The molecule has 2 unspecified atom stereocenters. The molecule has 0 spiro atoms. The molecular weight excluding hydrogens is 256 g/mol. The largest absolute Gasteiger partial charge is 0.338 e. The number of unbranched alkanes of at least 4 members (excludes halogenated alkanes) is 1. The Morgan fingerprint density at radius 3 is 3.00 bits per heavy atom. The van der Waals surface area contributed by atoms with Crippen LogP contribution in [0.1, 0.15) is 32.6 Å². The summed E-state index contributed by atoms with van der Waals surface area (Å²) in [6.45, 7) is 5.97. The van der Waals surface area contributed by atoms with Crippen LogP contribution in [0.4, 0.5) is 4.79 Å². The standard InChI is InChI=1S/C14H26N4O2/c1-2-3-6-16-14(20)17-13(19)10-18-7-4-5-11-8-15-9-12(11)18/h11-12,15H,2-10H2,1H3,(H2,16,17,19,20). The summed E-state index contributed by atoms with van der Waals surface area (Å²) in [5.41, 5.74) is 0. The minimum Gasteiger partial charge on any atom is -0.338 e. The predicted octanol–water partition coefficient (Wildman–Crippen LogP) is 0.296. The second-order valence-electron chi connectivity index (χ2n) is 5.76. The topological polar surface area (TPSA) is 73.5 Å². The van der Waals surface area contributed by atoms with Gasteiger partial charge in [-0.15, -0.1) is 0 Å². The maximum Gasteiger partial charge on any atom is 0.321 e. The lowest BCUT2D eigenvalue weighted by atomic mass is 9.92. The average Bonchev–Trinajstić information content (AvgIpc) is 2.88. The molecule has 114 valence electrons. The molecule has 2 saturated heterocycles. The van der Waals surface area contributed by atoms with Crippen LogP contribution in [0.25, 0.3) is 0 Å². The summed E-state index contributed by atoms with van der Waals surface area (Å²) < 4.78 is 0. The van der Waals surface area contributed by atoms with Gasteiger partial charge in [-0.1, -0.05) is 13.3 Å². The molecule has 2 rings (SSSR count). The van der Waals surface area contributed by atoms with E-state index in [-0.39, 0.29) is 11.9 Å². The molecule has 3 amide bonds. The highest BCUT2D eigenvalue weighted by Gasteiger charge is 2.35. The minimum atomic E-state index is -0.374. The zero-order valence-corrected chi connectivity index (χ0v) is 12.3. The summed E-state index contributed by atoms with van der Waals surface area (Å²) in [6, 6.07) is 0.0826. The molecule has 0 aromatic heterocycles. The molecule has 2 atom stereocenters. The molecule has 0 aromatic rings. The van der Waals surface area contributed by atoms with Crippen molar-refractivity contribution in [2.45, 2.75) is 38.6 Å². The van der Waals surface area contributed by atoms with Gasteiger partial charge in [-0.05, 0) is 38.3 Å². The van der Waals surface area contributed by atoms with Gasteiger partial charge in [0.15, 0.2) is 0 Å². The summed E-state index contributed by atoms with van der Waals surface area (Å²) in [7, 11) is 0. The fourth-order valence-electron chi connectivity index (χ4n) is 3.13. The SMILES string of the molecule is CCCCNC(=O)NC(=O)CN1CCCC2CNCC21. The van der Waals surface area contributed by atoms with E-state index in [0.717, 1.165) is 38.9 Å². The van der Waals surface area contributed by atoms with Crippen molar-refractivity contribution in [2.24, 2.45) is 5.92 Å². The Morgan fingerprint density at radius 2 is 2.20 bits per heavy atom. The van der Waals surface area contributed by atoms with E-state index in [2.05, 4.69) is 27.8 Å². The maximum absolute atomic E-state index is 11.9. The van der Waals surface area contributed by atoms with Gasteiger partial charge in [0, 0.05) is 19.1 Å². The first-order valence-electron chi connectivity index (χ1n) is 7.73. The molecule has 6 heteroatoms. The number of rotatable bonds is 5. The lowest BCUT2D eigenvalue weighted by Crippen LogP contribution is -2.51. The van der Waals surface area contributed by atoms with Crippen molar-refractivity contribution in [3.63, 3.8) is 0 Å². The van der Waals surface area contributed by atoms with Crippen molar-refractivity contribution in [2.75, 3.05) is 32.7 Å². The van der Waals surface area contributed by atoms with E-state index >= 15 is 0 Å². The first-order chi connectivity index (χ1) is 9.70. The molecule has 0 bridgehead atoms. The Balaban J connectivity index is 1.72. The van der Waals surface area contributed by atoms with Crippen molar-refractivity contribution in [1.82, 2.24) is 20.9 Å². The number of nitrogens with zero attached hydrogens (tertiary/aromatic N) is 1. The Bertz CT molecular complexity index is 348. The number of amides is 3.